The average Bonchev–Trinajstić information content (AvgIpc) is 3.63. The van der Waals surface area contributed by atoms with Gasteiger partial charge < -0.3 is 25.4 Å². The molecule has 2 bridgehead atoms. The number of para-hydroxylation sites is 1. The molecule has 3 unspecified atom stereocenters. The van der Waals surface area contributed by atoms with Crippen molar-refractivity contribution in [1.82, 2.24) is 30.5 Å². The summed E-state index contributed by atoms with van der Waals surface area (Å²) in [6.07, 6.45) is 1.36. The Labute approximate surface area is 229 Å². The zero-order valence-corrected chi connectivity index (χ0v) is 23.4. The first-order chi connectivity index (χ1) is 18.3. The van der Waals surface area contributed by atoms with Crippen LogP contribution in [0.25, 0.3) is 11.0 Å². The Balaban J connectivity index is 1.50. The number of aliphatic hydroxyl groups excluding tert-OH is 1. The van der Waals surface area contributed by atoms with Crippen molar-refractivity contribution in [3.63, 3.8) is 0 Å². The highest BCUT2D eigenvalue weighted by Gasteiger charge is 2.77. The molecule has 12 heteroatoms. The standard InChI is InChI=1S/C26H35BrN6O5/c1-4-10-28-23(35)19-20-25(37)33(18(12-34)14(3)5-2)22(26(20)11-15(27)21(19)38-26)24(36)29-13-32-17-9-7-6-8-16(17)30-31-32/h6-9,14-15,18-22,34H,4-5,10-13H2,1-3H3,(H,28,35)(H,29,36)/t14-,15?,18-,19-,20-,21-,22?,26?/m0/s1. The molecule has 0 saturated carbocycles. The van der Waals surface area contributed by atoms with Gasteiger partial charge in [0.05, 0.1) is 36.1 Å². The second-order valence-corrected chi connectivity index (χ2v) is 11.8. The van der Waals surface area contributed by atoms with Crippen LogP contribution in [0.4, 0.5) is 0 Å². The molecule has 8 atom stereocenters. The van der Waals surface area contributed by atoms with Crippen LogP contribution in [0.2, 0.25) is 0 Å². The quantitative estimate of drug-likeness (QED) is 0.353. The van der Waals surface area contributed by atoms with Crippen LogP contribution in [-0.2, 0) is 25.8 Å². The van der Waals surface area contributed by atoms with Crippen LogP contribution in [0, 0.1) is 17.8 Å². The fourth-order valence-corrected chi connectivity index (χ4v) is 7.43. The number of hydrogen-bond acceptors (Lipinski definition) is 7. The van der Waals surface area contributed by atoms with Crippen LogP contribution in [0.3, 0.4) is 0 Å². The maximum atomic E-state index is 14.1. The number of carbonyl (C=O) groups excluding carboxylic acids is 3. The first-order valence-electron chi connectivity index (χ1n) is 13.4. The molecule has 2 aromatic rings. The topological polar surface area (TPSA) is 139 Å². The highest BCUT2D eigenvalue weighted by Crippen LogP contribution is 2.60. The Morgan fingerprint density at radius 3 is 2.74 bits per heavy atom. The smallest absolute Gasteiger partial charge is 0.247 e. The number of likely N-dealkylation sites (tertiary alicyclic amines) is 1. The van der Waals surface area contributed by atoms with Crippen molar-refractivity contribution < 1.29 is 24.2 Å². The van der Waals surface area contributed by atoms with Crippen molar-refractivity contribution in [2.45, 2.75) is 75.3 Å². The van der Waals surface area contributed by atoms with Crippen LogP contribution < -0.4 is 10.6 Å². The van der Waals surface area contributed by atoms with Gasteiger partial charge in [-0.1, -0.05) is 60.5 Å². The number of alkyl halides is 1. The van der Waals surface area contributed by atoms with E-state index in [0.29, 0.717) is 24.9 Å². The SMILES string of the molecule is CCCNC(=O)[C@H]1[C@H]2C(=O)N([C@@H](CO)[C@@H](C)CC)C(C(=O)NCn3nnc4ccccc43)C23CC(Br)[C@@H]1O3. The number of ether oxygens (including phenoxy) is 1. The van der Waals surface area contributed by atoms with E-state index in [0.717, 1.165) is 11.9 Å². The summed E-state index contributed by atoms with van der Waals surface area (Å²) in [5.74, 6) is -2.55. The fourth-order valence-electron chi connectivity index (χ4n) is 6.49. The molecule has 0 radical (unpaired) electrons. The molecule has 0 aliphatic carbocycles. The maximum absolute atomic E-state index is 14.1. The lowest BCUT2D eigenvalue weighted by atomic mass is 9.70. The third kappa shape index (κ3) is 4.12. The largest absolute Gasteiger partial charge is 0.394 e. The van der Waals surface area contributed by atoms with E-state index >= 15 is 0 Å². The van der Waals surface area contributed by atoms with Gasteiger partial charge in [0.15, 0.2) is 0 Å². The summed E-state index contributed by atoms with van der Waals surface area (Å²) in [4.78, 5) is 42.8. The molecule has 1 aromatic carbocycles. The van der Waals surface area contributed by atoms with Gasteiger partial charge in [0.25, 0.3) is 0 Å². The number of rotatable bonds is 10. The van der Waals surface area contributed by atoms with Crippen molar-refractivity contribution in [2.24, 2.45) is 17.8 Å². The number of hydrogen-bond donors (Lipinski definition) is 3. The first-order valence-corrected chi connectivity index (χ1v) is 14.3. The van der Waals surface area contributed by atoms with Crippen LogP contribution in [0.5, 0.6) is 0 Å². The highest BCUT2D eigenvalue weighted by atomic mass is 79.9. The molecule has 3 fully saturated rings. The van der Waals surface area contributed by atoms with E-state index in [1.54, 1.807) is 4.68 Å². The van der Waals surface area contributed by atoms with E-state index in [4.69, 9.17) is 4.74 Å². The second kappa shape index (κ2) is 10.5. The van der Waals surface area contributed by atoms with Gasteiger partial charge in [-0.15, -0.1) is 5.10 Å². The number of fused-ring (bicyclic) bond motifs is 2. The van der Waals surface area contributed by atoms with Gasteiger partial charge in [0, 0.05) is 11.4 Å². The molecule has 5 rings (SSSR count). The summed E-state index contributed by atoms with van der Waals surface area (Å²) in [7, 11) is 0. The summed E-state index contributed by atoms with van der Waals surface area (Å²) >= 11 is 3.68. The minimum atomic E-state index is -1.18. The predicted octanol–water partition coefficient (Wildman–Crippen LogP) is 1.19. The van der Waals surface area contributed by atoms with E-state index < -0.39 is 41.5 Å². The maximum Gasteiger partial charge on any atom is 0.247 e. The molecule has 38 heavy (non-hydrogen) atoms. The Morgan fingerprint density at radius 1 is 1.26 bits per heavy atom. The van der Waals surface area contributed by atoms with E-state index in [9.17, 15) is 19.5 Å². The summed E-state index contributed by atoms with van der Waals surface area (Å²) in [6.45, 7) is 6.14. The Bertz CT molecular complexity index is 1220. The summed E-state index contributed by atoms with van der Waals surface area (Å²) in [6, 6.07) is 5.84. The van der Waals surface area contributed by atoms with Gasteiger partial charge in [-0.3, -0.25) is 14.4 Å². The van der Waals surface area contributed by atoms with Crippen molar-refractivity contribution in [3.8, 4) is 0 Å². The van der Waals surface area contributed by atoms with Gasteiger partial charge in [0.2, 0.25) is 17.7 Å². The van der Waals surface area contributed by atoms with Crippen LogP contribution >= 0.6 is 15.9 Å². The van der Waals surface area contributed by atoms with Crippen molar-refractivity contribution in [1.29, 1.82) is 0 Å². The Kier molecular flexibility index (Phi) is 7.49. The molecule has 3 aliphatic rings. The van der Waals surface area contributed by atoms with Crippen LogP contribution in [-0.4, -0.2) is 84.5 Å². The minimum Gasteiger partial charge on any atom is -0.394 e. The molecule has 3 N–H and O–H groups in total. The van der Waals surface area contributed by atoms with Crippen molar-refractivity contribution in [3.05, 3.63) is 24.3 Å². The predicted molar refractivity (Wildman–Crippen MR) is 142 cm³/mol. The lowest BCUT2D eigenvalue weighted by molar-refractivity contribution is -0.147. The molecule has 1 spiro atoms. The van der Waals surface area contributed by atoms with Gasteiger partial charge >= 0.3 is 0 Å². The molecule has 1 aromatic heterocycles. The fraction of sp³-hybridized carbons (Fsp3) is 0.654. The molecule has 3 saturated heterocycles. The van der Waals surface area contributed by atoms with E-state index in [1.165, 1.54) is 4.90 Å². The average molecular weight is 592 g/mol. The Hall–Kier alpha value is -2.57. The first kappa shape index (κ1) is 27.0. The number of nitrogens with zero attached hydrogens (tertiary/aromatic N) is 4. The van der Waals surface area contributed by atoms with Gasteiger partial charge in [0.1, 0.15) is 23.8 Å². The zero-order valence-electron chi connectivity index (χ0n) is 21.8. The number of aromatic nitrogens is 3. The third-order valence-corrected chi connectivity index (χ3v) is 9.34. The molecule has 206 valence electrons. The van der Waals surface area contributed by atoms with Crippen molar-refractivity contribution >= 4 is 44.7 Å². The normalized spacial score (nSPS) is 31.4. The summed E-state index contributed by atoms with van der Waals surface area (Å²) in [5.41, 5.74) is 0.290. The number of halogens is 1. The number of carbonyl (C=O) groups is 3. The van der Waals surface area contributed by atoms with Gasteiger partial charge in [-0.05, 0) is 30.9 Å². The highest BCUT2D eigenvalue weighted by molar-refractivity contribution is 9.09. The molecule has 3 amide bonds. The lowest BCUT2D eigenvalue weighted by Crippen LogP contribution is -2.59. The van der Waals surface area contributed by atoms with Gasteiger partial charge in [-0.25, -0.2) is 4.68 Å². The van der Waals surface area contributed by atoms with E-state index in [-0.39, 0.29) is 35.8 Å². The van der Waals surface area contributed by atoms with Crippen LogP contribution in [0.1, 0.15) is 40.0 Å². The van der Waals surface area contributed by atoms with Gasteiger partial charge in [-0.2, -0.15) is 0 Å². The summed E-state index contributed by atoms with van der Waals surface area (Å²) < 4.78 is 8.10. The number of aliphatic hydroxyl groups is 1. The van der Waals surface area contributed by atoms with E-state index in [2.05, 4.69) is 36.9 Å². The molecule has 4 heterocycles. The Morgan fingerprint density at radius 2 is 2.03 bits per heavy atom. The monoisotopic (exact) mass is 590 g/mol. The number of nitrogens with one attached hydrogen (secondary N) is 2. The number of benzene rings is 1. The zero-order chi connectivity index (χ0) is 27.2. The minimum absolute atomic E-state index is 0.0489. The second-order valence-electron chi connectivity index (χ2n) is 10.6. The summed E-state index contributed by atoms with van der Waals surface area (Å²) in [5, 5.41) is 24.6. The van der Waals surface area contributed by atoms with Crippen LogP contribution in [0.15, 0.2) is 24.3 Å². The van der Waals surface area contributed by atoms with E-state index in [1.807, 2.05) is 45.0 Å². The molecular weight excluding hydrogens is 556 g/mol. The lowest BCUT2D eigenvalue weighted by Gasteiger charge is -2.38. The van der Waals surface area contributed by atoms with Crippen molar-refractivity contribution in [2.75, 3.05) is 13.2 Å². The molecule has 11 nitrogen and oxygen atoms in total. The molecule has 3 aliphatic heterocycles. The third-order valence-electron chi connectivity index (χ3n) is 8.50. The number of amides is 3. The molecular formula is C26H35BrN6O5.